The van der Waals surface area contributed by atoms with Gasteiger partial charge in [0, 0.05) is 18.3 Å². The quantitative estimate of drug-likeness (QED) is 0.136. The molecule has 10 atom stereocenters. The van der Waals surface area contributed by atoms with Crippen LogP contribution in [0, 0.1) is 16.7 Å². The molecule has 1 saturated carbocycles. The number of aliphatic hydroxyl groups is 5. The number of esters is 1. The second-order valence-electron chi connectivity index (χ2n) is 13.6. The summed E-state index contributed by atoms with van der Waals surface area (Å²) in [6.45, 7) is 10.4. The molecule has 1 aromatic heterocycles. The van der Waals surface area contributed by atoms with Crippen LogP contribution in [0.1, 0.15) is 57.4 Å². The van der Waals surface area contributed by atoms with E-state index in [4.69, 9.17) is 14.2 Å². The maximum atomic E-state index is 13.5. The molecule has 7 rings (SSSR count). The van der Waals surface area contributed by atoms with Crippen LogP contribution in [0.5, 0.6) is 0 Å². The first-order valence-electron chi connectivity index (χ1n) is 14.6. The van der Waals surface area contributed by atoms with Gasteiger partial charge in [-0.3, -0.25) is 0 Å². The van der Waals surface area contributed by atoms with Crippen LogP contribution < -0.4 is 10.9 Å². The Morgan fingerprint density at radius 3 is 2.42 bits per heavy atom. The zero-order valence-corrected chi connectivity index (χ0v) is 24.5. The smallest absolute Gasteiger partial charge is 0.355 e. The number of aliphatic hydroxyl groups excluding tert-OH is 1. The molecule has 8 N–H and O–H groups in total. The van der Waals surface area contributed by atoms with E-state index < -0.39 is 75.4 Å². The van der Waals surface area contributed by atoms with Crippen LogP contribution in [0.2, 0.25) is 0 Å². The number of rotatable bonds is 6. The average molecular weight is 598 g/mol. The molecule has 5 bridgehead atoms. The van der Waals surface area contributed by atoms with Crippen LogP contribution in [0.3, 0.4) is 0 Å². The fraction of sp³-hybridized carbons (Fsp3) is 0.581. The van der Waals surface area contributed by atoms with Gasteiger partial charge in [-0.1, -0.05) is 45.5 Å². The Balaban J connectivity index is 1.54. The van der Waals surface area contributed by atoms with E-state index in [9.17, 15) is 30.3 Å². The first kappa shape index (κ1) is 28.9. The van der Waals surface area contributed by atoms with Crippen molar-refractivity contribution in [1.82, 2.24) is 10.4 Å². The number of anilines is 1. The molecule has 12 heteroatoms. The largest absolute Gasteiger partial charge is 0.449 e. The summed E-state index contributed by atoms with van der Waals surface area (Å²) in [6.07, 6.45) is -2.20. The lowest BCUT2D eigenvalue weighted by atomic mass is 9.43. The van der Waals surface area contributed by atoms with E-state index in [2.05, 4.69) is 22.4 Å². The third-order valence-electron chi connectivity index (χ3n) is 11.8. The van der Waals surface area contributed by atoms with E-state index in [1.54, 1.807) is 44.2 Å². The molecule has 1 aliphatic carbocycles. The lowest BCUT2D eigenvalue weighted by molar-refractivity contribution is -0.521. The average Bonchev–Trinajstić information content (AvgIpc) is 3.54. The van der Waals surface area contributed by atoms with Crippen LogP contribution >= 0.6 is 0 Å². The summed E-state index contributed by atoms with van der Waals surface area (Å²) in [4.78, 5) is 16.3. The van der Waals surface area contributed by atoms with E-state index in [0.29, 0.717) is 11.3 Å². The Labute approximate surface area is 248 Å². The minimum absolute atomic E-state index is 0.0383. The van der Waals surface area contributed by atoms with E-state index >= 15 is 0 Å². The zero-order chi connectivity index (χ0) is 31.1. The van der Waals surface area contributed by atoms with Gasteiger partial charge in [-0.2, -0.15) is 0 Å². The normalized spacial score (nSPS) is 49.3. The van der Waals surface area contributed by atoms with Crippen LogP contribution in [-0.2, 0) is 14.2 Å². The molecule has 5 aliphatic rings. The van der Waals surface area contributed by atoms with Gasteiger partial charge < -0.3 is 50.2 Å². The summed E-state index contributed by atoms with van der Waals surface area (Å²) < 4.78 is 19.3. The number of aromatic nitrogens is 1. The van der Waals surface area contributed by atoms with Crippen molar-refractivity contribution in [3.63, 3.8) is 0 Å². The third-order valence-corrected chi connectivity index (χ3v) is 11.8. The number of aromatic amines is 1. The van der Waals surface area contributed by atoms with Crippen LogP contribution in [-0.4, -0.2) is 82.8 Å². The Bertz CT molecular complexity index is 1500. The number of hydrogen-bond donors (Lipinski definition) is 8. The Morgan fingerprint density at radius 2 is 1.79 bits per heavy atom. The minimum Gasteiger partial charge on any atom is -0.449 e. The fourth-order valence-electron chi connectivity index (χ4n) is 9.46. The number of hydrazine groups is 1. The van der Waals surface area contributed by atoms with Crippen molar-refractivity contribution in [2.45, 2.75) is 93.3 Å². The van der Waals surface area contributed by atoms with Gasteiger partial charge >= 0.3 is 5.97 Å². The monoisotopic (exact) mass is 597 g/mol. The SMILES string of the molecule is C=C1CC[C@]2(O)[C@]3(C)C[C@]4(O)O[C@@]2([C@@H]1O)[C@@]1(NNc2ccccc2)O[C@@]3(O)[C@H](OC(=O)c2ccc[nH]2)[C@](O)(C(C)C)[C@@]14C. The number of carbonyl (C=O) groups excluding carboxylic acids is 1. The summed E-state index contributed by atoms with van der Waals surface area (Å²) >= 11 is 0. The molecule has 43 heavy (non-hydrogen) atoms. The summed E-state index contributed by atoms with van der Waals surface area (Å²) in [6, 6.07) is 12.0. The van der Waals surface area contributed by atoms with Crippen LogP contribution in [0.4, 0.5) is 5.69 Å². The first-order chi connectivity index (χ1) is 20.1. The number of benzene rings is 1. The molecule has 12 nitrogen and oxygen atoms in total. The van der Waals surface area contributed by atoms with E-state index in [1.165, 1.54) is 26.1 Å². The second kappa shape index (κ2) is 8.26. The van der Waals surface area contributed by atoms with Gasteiger partial charge in [-0.15, -0.1) is 0 Å². The molecule has 1 spiro atoms. The van der Waals surface area contributed by atoms with Gasteiger partial charge in [-0.25, -0.2) is 10.2 Å². The second-order valence-corrected chi connectivity index (χ2v) is 13.6. The number of fused-ring (bicyclic) bond motifs is 4. The lowest BCUT2D eigenvalue weighted by Crippen LogP contribution is -2.97. The number of H-pyrrole nitrogens is 1. The topological polar surface area (TPSA) is 186 Å². The molecule has 0 radical (unpaired) electrons. The molecule has 4 saturated heterocycles. The van der Waals surface area contributed by atoms with Crippen molar-refractivity contribution < 1.29 is 44.5 Å². The molecule has 4 aliphatic heterocycles. The maximum Gasteiger partial charge on any atom is 0.355 e. The Morgan fingerprint density at radius 1 is 1.09 bits per heavy atom. The summed E-state index contributed by atoms with van der Waals surface area (Å²) in [5.74, 6) is -6.65. The number of nitrogens with one attached hydrogen (secondary N) is 3. The molecule has 2 aromatic rings. The van der Waals surface area contributed by atoms with Crippen molar-refractivity contribution in [3.05, 3.63) is 66.5 Å². The molecule has 5 heterocycles. The van der Waals surface area contributed by atoms with Gasteiger partial charge in [0.05, 0.1) is 5.41 Å². The lowest BCUT2D eigenvalue weighted by Gasteiger charge is -2.75. The molecule has 232 valence electrons. The minimum atomic E-state index is -2.62. The number of para-hydroxylation sites is 1. The van der Waals surface area contributed by atoms with Gasteiger partial charge in [0.2, 0.25) is 5.79 Å². The van der Waals surface area contributed by atoms with Crippen molar-refractivity contribution in [3.8, 4) is 0 Å². The fourth-order valence-corrected chi connectivity index (χ4v) is 9.46. The Kier molecular flexibility index (Phi) is 5.56. The predicted octanol–water partition coefficient (Wildman–Crippen LogP) is 1.29. The predicted molar refractivity (Wildman–Crippen MR) is 151 cm³/mol. The summed E-state index contributed by atoms with van der Waals surface area (Å²) in [5, 5.41) is 63.7. The van der Waals surface area contributed by atoms with Gasteiger partial charge in [0.1, 0.15) is 28.4 Å². The highest BCUT2D eigenvalue weighted by molar-refractivity contribution is 5.87. The highest BCUT2D eigenvalue weighted by atomic mass is 16.8. The molecule has 1 aromatic carbocycles. The van der Waals surface area contributed by atoms with Gasteiger partial charge in [0.15, 0.2) is 23.2 Å². The molecular weight excluding hydrogens is 558 g/mol. The summed E-state index contributed by atoms with van der Waals surface area (Å²) in [7, 11) is 0. The highest BCUT2D eigenvalue weighted by Gasteiger charge is 3.04. The molecular formula is C31H39N3O9. The van der Waals surface area contributed by atoms with Gasteiger partial charge in [-0.05, 0) is 55.5 Å². The van der Waals surface area contributed by atoms with Crippen LogP contribution in [0.25, 0.3) is 0 Å². The number of carbonyl (C=O) groups is 1. The number of ether oxygens (including phenoxy) is 3. The maximum absolute atomic E-state index is 13.5. The molecule has 0 amide bonds. The zero-order valence-electron chi connectivity index (χ0n) is 24.5. The van der Waals surface area contributed by atoms with E-state index in [1.807, 2.05) is 6.07 Å². The van der Waals surface area contributed by atoms with Crippen molar-refractivity contribution in [1.29, 1.82) is 0 Å². The summed E-state index contributed by atoms with van der Waals surface area (Å²) in [5.41, 5.74) is -5.64. The number of hydrogen-bond acceptors (Lipinski definition) is 11. The van der Waals surface area contributed by atoms with Crippen molar-refractivity contribution in [2.24, 2.45) is 16.7 Å². The van der Waals surface area contributed by atoms with Crippen molar-refractivity contribution >= 4 is 11.7 Å². The van der Waals surface area contributed by atoms with E-state index in [0.717, 1.165) is 0 Å². The van der Waals surface area contributed by atoms with E-state index in [-0.39, 0.29) is 18.5 Å². The highest BCUT2D eigenvalue weighted by Crippen LogP contribution is 2.84. The Hall–Kier alpha value is -2.81. The van der Waals surface area contributed by atoms with Crippen LogP contribution in [0.15, 0.2) is 60.8 Å². The molecule has 5 fully saturated rings. The standard InChI is InChI=1S/C31H39N3O9/c1-17(2)28(39)23(41-22(36)20-12-9-15-32-20)30(40)24(4)16-27(38)25(28,5)31(43-30,34-33-19-10-7-6-8-11-19)29(42-27)21(35)18(3)13-14-26(24,29)37/h6-12,15,17,21,23,32-35,37-40H,3,13-14,16H2,1-2,4-5H3/t21-,23-,24+,25+,26+,27+,28-,29-,30+,31+/m1/s1. The van der Waals surface area contributed by atoms with Gasteiger partial charge in [0.25, 0.3) is 0 Å². The first-order valence-corrected chi connectivity index (χ1v) is 14.6. The third kappa shape index (κ3) is 2.72. The van der Waals surface area contributed by atoms with Crippen molar-refractivity contribution in [2.75, 3.05) is 5.43 Å². The molecule has 0 unspecified atom stereocenters.